The van der Waals surface area contributed by atoms with Crippen molar-refractivity contribution in [3.63, 3.8) is 0 Å². The number of anilines is 1. The molecule has 6 heteroatoms. The van der Waals surface area contributed by atoms with E-state index in [9.17, 15) is 14.9 Å². The number of likely N-dealkylation sites (tertiary alicyclic amines) is 1. The van der Waals surface area contributed by atoms with E-state index in [1.165, 1.54) is 18.9 Å². The summed E-state index contributed by atoms with van der Waals surface area (Å²) in [7, 11) is 0. The van der Waals surface area contributed by atoms with Gasteiger partial charge in [0.1, 0.15) is 5.69 Å². The molecule has 2 fully saturated rings. The smallest absolute Gasteiger partial charge is 0.293 e. The Morgan fingerprint density at radius 3 is 2.23 bits per heavy atom. The third-order valence-electron chi connectivity index (χ3n) is 5.79. The summed E-state index contributed by atoms with van der Waals surface area (Å²) in [5.74, 6) is -0.0878. The summed E-state index contributed by atoms with van der Waals surface area (Å²) in [5.41, 5.74) is 1.12. The first kappa shape index (κ1) is 18.7. The average Bonchev–Trinajstić information content (AvgIpc) is 2.90. The second kappa shape index (κ2) is 8.06. The van der Waals surface area contributed by atoms with Crippen molar-refractivity contribution >= 4 is 17.3 Å². The molecule has 0 unspecified atom stereocenters. The summed E-state index contributed by atoms with van der Waals surface area (Å²) in [4.78, 5) is 28.4. The van der Waals surface area contributed by atoms with Crippen LogP contribution >= 0.6 is 0 Å². The molecule has 0 N–H and O–H groups in total. The topological polar surface area (TPSA) is 66.7 Å². The first-order valence-corrected chi connectivity index (χ1v) is 9.85. The standard InChI is InChI=1S/C20H29N3O3/c1-15-8-7-9-16(2)22(15)20(24)17-10-11-18(19(14-17)23(25)26)21-12-5-3-4-6-13-21/h10-11,14-16H,3-9,12-13H2,1-2H3/t15-,16+. The largest absolute Gasteiger partial charge is 0.366 e. The second-order valence-corrected chi connectivity index (χ2v) is 7.70. The molecule has 2 aliphatic heterocycles. The predicted octanol–water partition coefficient (Wildman–Crippen LogP) is 4.38. The van der Waals surface area contributed by atoms with E-state index in [0.29, 0.717) is 11.3 Å². The first-order valence-electron chi connectivity index (χ1n) is 9.85. The summed E-state index contributed by atoms with van der Waals surface area (Å²) in [6.45, 7) is 5.81. The van der Waals surface area contributed by atoms with E-state index in [0.717, 1.165) is 45.2 Å². The van der Waals surface area contributed by atoms with Gasteiger partial charge in [-0.15, -0.1) is 0 Å². The molecule has 0 bridgehead atoms. The molecule has 1 aromatic carbocycles. The van der Waals surface area contributed by atoms with Crippen LogP contribution in [-0.4, -0.2) is 40.9 Å². The predicted molar refractivity (Wildman–Crippen MR) is 103 cm³/mol. The van der Waals surface area contributed by atoms with Crippen LogP contribution in [0.2, 0.25) is 0 Å². The molecule has 1 amide bonds. The van der Waals surface area contributed by atoms with Crippen molar-refractivity contribution < 1.29 is 9.72 Å². The Bertz CT molecular complexity index is 658. The first-order chi connectivity index (χ1) is 12.5. The number of hydrogen-bond donors (Lipinski definition) is 0. The minimum atomic E-state index is -0.347. The molecule has 3 rings (SSSR count). The zero-order valence-electron chi connectivity index (χ0n) is 15.8. The Hall–Kier alpha value is -2.11. The third kappa shape index (κ3) is 3.84. The number of nitro benzene ring substituents is 1. The zero-order valence-corrected chi connectivity index (χ0v) is 15.8. The SMILES string of the molecule is C[C@@H]1CCC[C@H](C)N1C(=O)c1ccc(N2CCCCCC2)c([N+](=O)[O-])c1. The lowest BCUT2D eigenvalue weighted by molar-refractivity contribution is -0.384. The van der Waals surface area contributed by atoms with Gasteiger partial charge >= 0.3 is 0 Å². The summed E-state index contributed by atoms with van der Waals surface area (Å²) in [5, 5.41) is 11.7. The second-order valence-electron chi connectivity index (χ2n) is 7.70. The van der Waals surface area contributed by atoms with Crippen LogP contribution in [-0.2, 0) is 0 Å². The maximum atomic E-state index is 13.0. The van der Waals surface area contributed by atoms with Gasteiger partial charge in [0.05, 0.1) is 4.92 Å². The highest BCUT2D eigenvalue weighted by Gasteiger charge is 2.31. The number of amides is 1. The number of carbonyl (C=O) groups is 1. The minimum Gasteiger partial charge on any atom is -0.366 e. The number of rotatable bonds is 3. The third-order valence-corrected chi connectivity index (χ3v) is 5.79. The monoisotopic (exact) mass is 359 g/mol. The van der Waals surface area contributed by atoms with E-state index in [4.69, 9.17) is 0 Å². The van der Waals surface area contributed by atoms with Crippen molar-refractivity contribution in [3.05, 3.63) is 33.9 Å². The lowest BCUT2D eigenvalue weighted by Gasteiger charge is -2.39. The maximum Gasteiger partial charge on any atom is 0.293 e. The summed E-state index contributed by atoms with van der Waals surface area (Å²) in [6.07, 6.45) is 7.56. The molecular weight excluding hydrogens is 330 g/mol. The summed E-state index contributed by atoms with van der Waals surface area (Å²) < 4.78 is 0. The minimum absolute atomic E-state index is 0.0510. The lowest BCUT2D eigenvalue weighted by atomic mass is 9.96. The molecule has 26 heavy (non-hydrogen) atoms. The number of carbonyl (C=O) groups excluding carboxylic acids is 1. The highest BCUT2D eigenvalue weighted by atomic mass is 16.6. The molecule has 2 heterocycles. The average molecular weight is 359 g/mol. The van der Waals surface area contributed by atoms with Crippen LogP contribution in [0, 0.1) is 10.1 Å². The quantitative estimate of drug-likeness (QED) is 0.593. The van der Waals surface area contributed by atoms with E-state index < -0.39 is 0 Å². The molecular formula is C20H29N3O3. The maximum absolute atomic E-state index is 13.0. The van der Waals surface area contributed by atoms with Crippen LogP contribution in [0.3, 0.4) is 0 Å². The fourth-order valence-corrected chi connectivity index (χ4v) is 4.35. The molecule has 2 saturated heterocycles. The van der Waals surface area contributed by atoms with Crippen LogP contribution in [0.15, 0.2) is 18.2 Å². The van der Waals surface area contributed by atoms with E-state index in [-0.39, 0.29) is 28.6 Å². The Labute approximate surface area is 155 Å². The van der Waals surface area contributed by atoms with Crippen LogP contribution in [0.4, 0.5) is 11.4 Å². The number of hydrogen-bond acceptors (Lipinski definition) is 4. The molecule has 1 aromatic rings. The van der Waals surface area contributed by atoms with Gasteiger partial charge in [-0.05, 0) is 58.1 Å². The van der Waals surface area contributed by atoms with Crippen molar-refractivity contribution in [2.75, 3.05) is 18.0 Å². The van der Waals surface area contributed by atoms with Gasteiger partial charge in [-0.2, -0.15) is 0 Å². The van der Waals surface area contributed by atoms with Crippen LogP contribution < -0.4 is 4.90 Å². The van der Waals surface area contributed by atoms with Gasteiger partial charge in [0, 0.05) is 36.8 Å². The fourth-order valence-electron chi connectivity index (χ4n) is 4.35. The number of benzene rings is 1. The van der Waals surface area contributed by atoms with Crippen molar-refractivity contribution in [1.82, 2.24) is 4.90 Å². The van der Waals surface area contributed by atoms with Gasteiger partial charge in [0.25, 0.3) is 11.6 Å². The molecule has 142 valence electrons. The highest BCUT2D eigenvalue weighted by molar-refractivity contribution is 5.96. The molecule has 0 aliphatic carbocycles. The van der Waals surface area contributed by atoms with Crippen LogP contribution in [0.25, 0.3) is 0 Å². The summed E-state index contributed by atoms with van der Waals surface area (Å²) in [6, 6.07) is 5.38. The van der Waals surface area contributed by atoms with Crippen LogP contribution in [0.1, 0.15) is 69.2 Å². The molecule has 0 aromatic heterocycles. The normalized spacial score (nSPS) is 24.2. The van der Waals surface area contributed by atoms with Gasteiger partial charge < -0.3 is 9.80 Å². The Kier molecular flexibility index (Phi) is 5.79. The van der Waals surface area contributed by atoms with E-state index in [1.807, 2.05) is 4.90 Å². The van der Waals surface area contributed by atoms with Gasteiger partial charge in [-0.1, -0.05) is 12.8 Å². The van der Waals surface area contributed by atoms with Crippen LogP contribution in [0.5, 0.6) is 0 Å². The van der Waals surface area contributed by atoms with Gasteiger partial charge in [0.2, 0.25) is 0 Å². The Morgan fingerprint density at radius 1 is 1.04 bits per heavy atom. The Morgan fingerprint density at radius 2 is 1.65 bits per heavy atom. The van der Waals surface area contributed by atoms with Crippen molar-refractivity contribution in [2.45, 2.75) is 70.9 Å². The molecule has 0 saturated carbocycles. The Balaban J connectivity index is 1.90. The van der Waals surface area contributed by atoms with Gasteiger partial charge in [0.15, 0.2) is 0 Å². The molecule has 2 atom stereocenters. The lowest BCUT2D eigenvalue weighted by Crippen LogP contribution is -2.47. The molecule has 0 radical (unpaired) electrons. The van der Waals surface area contributed by atoms with E-state index in [2.05, 4.69) is 18.7 Å². The van der Waals surface area contributed by atoms with E-state index >= 15 is 0 Å². The molecule has 6 nitrogen and oxygen atoms in total. The van der Waals surface area contributed by atoms with Crippen molar-refractivity contribution in [2.24, 2.45) is 0 Å². The van der Waals surface area contributed by atoms with Gasteiger partial charge in [-0.3, -0.25) is 14.9 Å². The number of piperidine rings is 1. The van der Waals surface area contributed by atoms with Crippen molar-refractivity contribution in [1.29, 1.82) is 0 Å². The number of nitrogens with zero attached hydrogens (tertiary/aromatic N) is 3. The summed E-state index contributed by atoms with van der Waals surface area (Å²) >= 11 is 0. The fraction of sp³-hybridized carbons (Fsp3) is 0.650. The highest BCUT2D eigenvalue weighted by Crippen LogP contribution is 2.32. The van der Waals surface area contributed by atoms with Gasteiger partial charge in [-0.25, -0.2) is 0 Å². The molecule has 2 aliphatic rings. The van der Waals surface area contributed by atoms with E-state index in [1.54, 1.807) is 12.1 Å². The number of nitro groups is 1. The zero-order chi connectivity index (χ0) is 18.7. The molecule has 0 spiro atoms. The van der Waals surface area contributed by atoms with Crippen molar-refractivity contribution in [3.8, 4) is 0 Å².